The van der Waals surface area contributed by atoms with Crippen molar-refractivity contribution in [2.45, 2.75) is 149 Å². The Morgan fingerprint density at radius 1 is 0.429 bits per heavy atom. The molecule has 0 aliphatic carbocycles. The van der Waals surface area contributed by atoms with Crippen molar-refractivity contribution >= 4 is 70.9 Å². The second-order valence-corrected chi connectivity index (χ2v) is 18.4. The molecule has 27 nitrogen and oxygen atoms in total. The molecule has 0 radical (unpaired) electrons. The lowest BCUT2D eigenvalue weighted by molar-refractivity contribution is -0.143. The van der Waals surface area contributed by atoms with Gasteiger partial charge in [-0.2, -0.15) is 0 Å². The largest absolute Gasteiger partial charge is 0.480 e. The molecule has 0 fully saturated rings. The predicted molar refractivity (Wildman–Crippen MR) is 249 cm³/mol. The maximum Gasteiger partial charge on any atom is 0.326 e. The van der Waals surface area contributed by atoms with Gasteiger partial charge in [-0.3, -0.25) is 52.7 Å². The number of aliphatic hydroxyl groups excluding tert-OH is 2. The second kappa shape index (κ2) is 32.4. The molecule has 11 amide bonds. The number of hydrogen-bond donors (Lipinski definition) is 15. The molecule has 0 saturated carbocycles. The van der Waals surface area contributed by atoms with Gasteiger partial charge in [0.25, 0.3) is 0 Å². The summed E-state index contributed by atoms with van der Waals surface area (Å²) in [6, 6.07) is -11.0. The van der Waals surface area contributed by atoms with E-state index in [-0.39, 0.29) is 56.3 Å². The van der Waals surface area contributed by atoms with Crippen molar-refractivity contribution in [2.75, 3.05) is 26.3 Å². The minimum atomic E-state index is -1.70. The van der Waals surface area contributed by atoms with Gasteiger partial charge in [-0.1, -0.05) is 55.4 Å². The van der Waals surface area contributed by atoms with Crippen LogP contribution >= 0.6 is 0 Å². The number of carboxylic acids is 1. The summed E-state index contributed by atoms with van der Waals surface area (Å²) >= 11 is 0. The fourth-order valence-corrected chi connectivity index (χ4v) is 6.43. The summed E-state index contributed by atoms with van der Waals surface area (Å²) in [6.45, 7) is 10.4. The van der Waals surface area contributed by atoms with Crippen molar-refractivity contribution < 1.29 is 72.9 Å². The fraction of sp³-hybridized carbons (Fsp3) is 0.721. The number of rotatable bonds is 34. The van der Waals surface area contributed by atoms with Gasteiger partial charge in [0, 0.05) is 12.8 Å². The molecule has 0 aliphatic heterocycles. The van der Waals surface area contributed by atoms with Gasteiger partial charge in [0.05, 0.1) is 26.3 Å². The summed E-state index contributed by atoms with van der Waals surface area (Å²) in [6.07, 6.45) is -1.26. The number of carbonyl (C=O) groups excluding carboxylic acids is 11. The summed E-state index contributed by atoms with van der Waals surface area (Å²) in [5, 5.41) is 50.1. The monoisotopic (exact) mass is 1000 g/mol. The van der Waals surface area contributed by atoms with Crippen molar-refractivity contribution in [1.82, 2.24) is 47.9 Å². The molecule has 27 heteroatoms. The van der Waals surface area contributed by atoms with E-state index in [1.165, 1.54) is 13.8 Å². The highest BCUT2D eigenvalue weighted by molar-refractivity contribution is 5.97. The van der Waals surface area contributed by atoms with Crippen LogP contribution < -0.4 is 65.1 Å². The molecule has 0 spiro atoms. The average molecular weight is 1000 g/mol. The normalized spacial score (nSPS) is 14.6. The Labute approximate surface area is 406 Å². The molecule has 0 saturated heterocycles. The van der Waals surface area contributed by atoms with Crippen LogP contribution in [0.4, 0.5) is 0 Å². The lowest BCUT2D eigenvalue weighted by atomic mass is 10.00. The number of carboxylic acid groups (broad SMARTS) is 1. The van der Waals surface area contributed by atoms with Crippen LogP contribution in [0.2, 0.25) is 0 Å². The van der Waals surface area contributed by atoms with Crippen molar-refractivity contribution in [2.24, 2.45) is 40.9 Å². The third-order valence-electron chi connectivity index (χ3n) is 10.1. The lowest BCUT2D eigenvalue weighted by Gasteiger charge is -2.26. The maximum atomic E-state index is 13.7. The van der Waals surface area contributed by atoms with E-state index in [1.807, 2.05) is 0 Å². The number of aliphatic hydroxyl groups is 2. The summed E-state index contributed by atoms with van der Waals surface area (Å²) in [5.41, 5.74) is 16.1. The molecule has 0 aromatic carbocycles. The number of hydrogen-bond acceptors (Lipinski definition) is 15. The molecule has 70 heavy (non-hydrogen) atoms. The molecular formula is C43H76N12O15. The topological polar surface area (TPSA) is 452 Å². The maximum absolute atomic E-state index is 13.7. The van der Waals surface area contributed by atoms with E-state index in [9.17, 15) is 72.9 Å². The zero-order valence-electron chi connectivity index (χ0n) is 41.2. The van der Waals surface area contributed by atoms with Crippen LogP contribution in [0.3, 0.4) is 0 Å². The van der Waals surface area contributed by atoms with Gasteiger partial charge in [0.15, 0.2) is 0 Å². The van der Waals surface area contributed by atoms with E-state index >= 15 is 0 Å². The Hall–Kier alpha value is -6.48. The van der Waals surface area contributed by atoms with Crippen LogP contribution in [0.5, 0.6) is 0 Å². The summed E-state index contributed by atoms with van der Waals surface area (Å²) in [5.74, 6) is -12.3. The van der Waals surface area contributed by atoms with Crippen molar-refractivity contribution in [3.05, 3.63) is 0 Å². The van der Waals surface area contributed by atoms with Gasteiger partial charge < -0.3 is 80.4 Å². The highest BCUT2D eigenvalue weighted by Gasteiger charge is 2.33. The van der Waals surface area contributed by atoms with Crippen LogP contribution in [0.1, 0.15) is 100 Å². The number of amides is 11. The molecule has 18 N–H and O–H groups in total. The number of aliphatic carboxylic acids is 1. The van der Waals surface area contributed by atoms with Crippen LogP contribution in [-0.4, -0.2) is 161 Å². The summed E-state index contributed by atoms with van der Waals surface area (Å²) in [4.78, 5) is 153. The minimum Gasteiger partial charge on any atom is -0.480 e. The van der Waals surface area contributed by atoms with Crippen LogP contribution in [0.15, 0.2) is 0 Å². The Bertz CT molecular complexity index is 1830. The SMILES string of the molecule is CC(C)C[C@H](NC(=O)[C@H](CC(C)C)NC(=O)[C@@H](N)CO)C(=O)NCC(=O)N[C@@H](CCC(N)=O)C(=O)N[C@@H](CC(C)C)C(=O)N[C@@H](CO)C(=O)NCC(=O)N[C@@H](CCC(N)=O)C(=O)N[C@H](C(=O)O)C(C)C. The van der Waals surface area contributed by atoms with Gasteiger partial charge in [0.2, 0.25) is 65.0 Å². The second-order valence-electron chi connectivity index (χ2n) is 18.4. The van der Waals surface area contributed by atoms with Gasteiger partial charge in [-0.25, -0.2) is 4.79 Å². The van der Waals surface area contributed by atoms with Crippen molar-refractivity contribution in [3.63, 3.8) is 0 Å². The molecule has 0 aromatic rings. The molecule has 0 heterocycles. The minimum absolute atomic E-state index is 0.0561. The first-order chi connectivity index (χ1) is 32.5. The van der Waals surface area contributed by atoms with Gasteiger partial charge in [0.1, 0.15) is 48.3 Å². The van der Waals surface area contributed by atoms with E-state index in [4.69, 9.17) is 17.2 Å². The molecule has 398 valence electrons. The predicted octanol–water partition coefficient (Wildman–Crippen LogP) is -5.67. The highest BCUT2D eigenvalue weighted by atomic mass is 16.4. The third-order valence-corrected chi connectivity index (χ3v) is 10.1. The third kappa shape index (κ3) is 25.8. The van der Waals surface area contributed by atoms with Gasteiger partial charge in [-0.05, 0) is 55.8 Å². The lowest BCUT2D eigenvalue weighted by Crippen LogP contribution is -2.59. The van der Waals surface area contributed by atoms with E-state index in [1.54, 1.807) is 41.5 Å². The Kier molecular flexibility index (Phi) is 29.4. The molecule has 0 aromatic heterocycles. The molecule has 8 atom stereocenters. The Morgan fingerprint density at radius 3 is 1.09 bits per heavy atom. The Morgan fingerprint density at radius 2 is 0.757 bits per heavy atom. The van der Waals surface area contributed by atoms with E-state index in [0.717, 1.165) is 0 Å². The molecule has 0 bridgehead atoms. The van der Waals surface area contributed by atoms with Crippen LogP contribution in [-0.2, 0) is 57.5 Å². The molecule has 0 rings (SSSR count). The van der Waals surface area contributed by atoms with Crippen molar-refractivity contribution in [1.29, 1.82) is 0 Å². The molecule has 0 unspecified atom stereocenters. The van der Waals surface area contributed by atoms with Crippen LogP contribution in [0.25, 0.3) is 0 Å². The van der Waals surface area contributed by atoms with E-state index in [0.29, 0.717) is 0 Å². The number of nitrogens with two attached hydrogens (primary N) is 3. The van der Waals surface area contributed by atoms with Gasteiger partial charge in [-0.15, -0.1) is 0 Å². The Balaban J connectivity index is 6.00. The smallest absolute Gasteiger partial charge is 0.326 e. The first-order valence-corrected chi connectivity index (χ1v) is 23.0. The standard InChI is InChI=1S/C43H76N12O15/c1-20(2)13-27(52-41(67)28(14-21(3)4)51-36(62)24(44)18-56)37(63)47-16-33(60)49-25(9-11-31(45)58)39(65)53-29(15-22(5)6)42(68)54-30(19-57)38(64)48-17-34(61)50-26(10-12-32(46)59)40(66)55-35(23(7)8)43(69)70/h20-30,35,56-57H,9-19,44H2,1-8H3,(H2,45,58)(H2,46,59)(H,47,63)(H,48,64)(H,49,60)(H,50,61)(H,51,62)(H,52,67)(H,53,65)(H,54,68)(H,55,66)(H,69,70)/t24-,25-,26-,27-,28-,29-,30-,35-/m0/s1. The fourth-order valence-electron chi connectivity index (χ4n) is 6.43. The van der Waals surface area contributed by atoms with Gasteiger partial charge >= 0.3 is 5.97 Å². The first-order valence-electron chi connectivity index (χ1n) is 23.0. The molecule has 0 aliphatic rings. The quantitative estimate of drug-likeness (QED) is 0.0286. The van der Waals surface area contributed by atoms with Crippen molar-refractivity contribution in [3.8, 4) is 0 Å². The molecular weight excluding hydrogens is 925 g/mol. The van der Waals surface area contributed by atoms with E-state index in [2.05, 4.69) is 47.9 Å². The number of carbonyl (C=O) groups is 12. The average Bonchev–Trinajstić information content (AvgIpc) is 3.26. The summed E-state index contributed by atoms with van der Waals surface area (Å²) in [7, 11) is 0. The zero-order chi connectivity index (χ0) is 54.0. The van der Waals surface area contributed by atoms with Crippen LogP contribution in [0, 0.1) is 23.7 Å². The summed E-state index contributed by atoms with van der Waals surface area (Å²) < 4.78 is 0. The first kappa shape index (κ1) is 63.5. The number of primary amides is 2. The number of nitrogens with one attached hydrogen (secondary N) is 9. The highest BCUT2D eigenvalue weighted by Crippen LogP contribution is 2.11. The van der Waals surface area contributed by atoms with E-state index < -0.39 is 158 Å². The zero-order valence-corrected chi connectivity index (χ0v) is 41.2.